The summed E-state index contributed by atoms with van der Waals surface area (Å²) in [6, 6.07) is 12.3. The topological polar surface area (TPSA) is 85.0 Å². The summed E-state index contributed by atoms with van der Waals surface area (Å²) >= 11 is 0. The Kier molecular flexibility index (Phi) is 4.12. The van der Waals surface area contributed by atoms with Crippen LogP contribution >= 0.6 is 0 Å². The Balaban J connectivity index is 1.43. The molecule has 4 rings (SSSR count). The number of aromatic hydroxyl groups is 1. The quantitative estimate of drug-likeness (QED) is 0.705. The van der Waals surface area contributed by atoms with Crippen LogP contribution in [-0.2, 0) is 4.74 Å². The number of carbonyl (C=O) groups is 1. The SMILES string of the molecule is CCOC(=O)c1ccc2nc(N3CC(Oc4cccc(O)c4)C3)oc2c1. The number of rotatable bonds is 5. The van der Waals surface area contributed by atoms with Crippen molar-refractivity contribution in [2.75, 3.05) is 24.6 Å². The van der Waals surface area contributed by atoms with Crippen molar-refractivity contribution in [2.24, 2.45) is 0 Å². The molecule has 1 aromatic heterocycles. The van der Waals surface area contributed by atoms with Crippen molar-refractivity contribution in [3.63, 3.8) is 0 Å². The summed E-state index contributed by atoms with van der Waals surface area (Å²) in [4.78, 5) is 18.2. The number of benzene rings is 2. The molecule has 1 N–H and O–H groups in total. The molecule has 26 heavy (non-hydrogen) atoms. The second kappa shape index (κ2) is 6.59. The predicted octanol–water partition coefficient (Wildman–Crippen LogP) is 2.98. The molecule has 2 aromatic carbocycles. The van der Waals surface area contributed by atoms with Gasteiger partial charge < -0.3 is 23.9 Å². The zero-order valence-corrected chi connectivity index (χ0v) is 14.2. The van der Waals surface area contributed by atoms with E-state index in [0.717, 1.165) is 0 Å². The third kappa shape index (κ3) is 3.15. The third-order valence-electron chi connectivity index (χ3n) is 4.13. The van der Waals surface area contributed by atoms with Crippen molar-refractivity contribution >= 4 is 23.1 Å². The Morgan fingerprint density at radius 3 is 2.92 bits per heavy atom. The summed E-state index contributed by atoms with van der Waals surface area (Å²) in [6.07, 6.45) is 0.00176. The van der Waals surface area contributed by atoms with E-state index in [1.807, 2.05) is 4.90 Å². The van der Waals surface area contributed by atoms with Crippen LogP contribution in [0.3, 0.4) is 0 Å². The Labute approximate surface area is 149 Å². The van der Waals surface area contributed by atoms with E-state index in [9.17, 15) is 9.90 Å². The maximum Gasteiger partial charge on any atom is 0.338 e. The van der Waals surface area contributed by atoms with Gasteiger partial charge in [-0.3, -0.25) is 0 Å². The van der Waals surface area contributed by atoms with E-state index in [4.69, 9.17) is 13.9 Å². The fourth-order valence-corrected chi connectivity index (χ4v) is 2.81. The fourth-order valence-electron chi connectivity index (χ4n) is 2.81. The molecule has 1 saturated heterocycles. The normalized spacial score (nSPS) is 14.3. The lowest BCUT2D eigenvalue weighted by molar-refractivity contribution is 0.0526. The molecule has 0 aliphatic carbocycles. The summed E-state index contributed by atoms with van der Waals surface area (Å²) in [7, 11) is 0. The van der Waals surface area contributed by atoms with E-state index >= 15 is 0 Å². The van der Waals surface area contributed by atoms with Crippen LogP contribution in [-0.4, -0.2) is 41.9 Å². The van der Waals surface area contributed by atoms with Gasteiger partial charge in [-0.1, -0.05) is 6.07 Å². The molecule has 0 amide bonds. The predicted molar refractivity (Wildman–Crippen MR) is 94.7 cm³/mol. The number of fused-ring (bicyclic) bond motifs is 1. The molecule has 0 radical (unpaired) electrons. The minimum Gasteiger partial charge on any atom is -0.508 e. The van der Waals surface area contributed by atoms with E-state index in [1.54, 1.807) is 49.4 Å². The summed E-state index contributed by atoms with van der Waals surface area (Å²) in [5.41, 5.74) is 1.67. The molecule has 0 saturated carbocycles. The zero-order chi connectivity index (χ0) is 18.1. The van der Waals surface area contributed by atoms with Crippen LogP contribution in [0.1, 0.15) is 17.3 Å². The number of carbonyl (C=O) groups excluding carboxylic acids is 1. The van der Waals surface area contributed by atoms with Gasteiger partial charge in [-0.2, -0.15) is 4.98 Å². The molecule has 3 aromatic rings. The number of esters is 1. The van der Waals surface area contributed by atoms with Crippen LogP contribution in [0.15, 0.2) is 46.9 Å². The average Bonchev–Trinajstić information content (AvgIpc) is 3.00. The molecule has 134 valence electrons. The van der Waals surface area contributed by atoms with Gasteiger partial charge in [-0.15, -0.1) is 0 Å². The van der Waals surface area contributed by atoms with Gasteiger partial charge in [0.25, 0.3) is 6.01 Å². The molecule has 7 nitrogen and oxygen atoms in total. The molecule has 0 bridgehead atoms. The van der Waals surface area contributed by atoms with Gasteiger partial charge in [-0.05, 0) is 37.3 Å². The smallest absolute Gasteiger partial charge is 0.338 e. The number of phenolic OH excluding ortho intramolecular Hbond substituents is 1. The van der Waals surface area contributed by atoms with Gasteiger partial charge in [0.05, 0.1) is 25.3 Å². The number of phenols is 1. The first kappa shape index (κ1) is 16.3. The van der Waals surface area contributed by atoms with Crippen molar-refractivity contribution in [2.45, 2.75) is 13.0 Å². The van der Waals surface area contributed by atoms with Crippen molar-refractivity contribution in [1.82, 2.24) is 4.98 Å². The summed E-state index contributed by atoms with van der Waals surface area (Å²) in [5, 5.41) is 9.47. The summed E-state index contributed by atoms with van der Waals surface area (Å²) in [5.74, 6) is 0.428. The van der Waals surface area contributed by atoms with Crippen LogP contribution in [0.4, 0.5) is 6.01 Å². The van der Waals surface area contributed by atoms with Crippen molar-refractivity contribution in [3.05, 3.63) is 48.0 Å². The minimum atomic E-state index is -0.379. The molecule has 0 unspecified atom stereocenters. The number of hydrogen-bond donors (Lipinski definition) is 1. The molecule has 1 aliphatic heterocycles. The highest BCUT2D eigenvalue weighted by atomic mass is 16.5. The first-order valence-corrected chi connectivity index (χ1v) is 8.40. The van der Waals surface area contributed by atoms with Gasteiger partial charge >= 0.3 is 5.97 Å². The molecular weight excluding hydrogens is 336 g/mol. The van der Waals surface area contributed by atoms with Gasteiger partial charge in [0.2, 0.25) is 0 Å². The lowest BCUT2D eigenvalue weighted by Crippen LogP contribution is -2.54. The summed E-state index contributed by atoms with van der Waals surface area (Å²) < 4.78 is 16.6. The Morgan fingerprint density at radius 2 is 2.15 bits per heavy atom. The van der Waals surface area contributed by atoms with Gasteiger partial charge in [0.1, 0.15) is 23.1 Å². The maximum atomic E-state index is 11.8. The number of oxazole rings is 1. The number of ether oxygens (including phenoxy) is 2. The lowest BCUT2D eigenvalue weighted by Gasteiger charge is -2.37. The van der Waals surface area contributed by atoms with Gasteiger partial charge in [-0.25, -0.2) is 4.79 Å². The number of anilines is 1. The average molecular weight is 354 g/mol. The van der Waals surface area contributed by atoms with Crippen molar-refractivity contribution in [3.8, 4) is 11.5 Å². The number of hydrogen-bond acceptors (Lipinski definition) is 7. The fraction of sp³-hybridized carbons (Fsp3) is 0.263. The Hall–Kier alpha value is -3.22. The van der Waals surface area contributed by atoms with Crippen LogP contribution in [0, 0.1) is 0 Å². The van der Waals surface area contributed by atoms with E-state index in [1.165, 1.54) is 0 Å². The lowest BCUT2D eigenvalue weighted by atomic mass is 10.2. The second-order valence-electron chi connectivity index (χ2n) is 6.04. The number of aromatic nitrogens is 1. The molecule has 1 fully saturated rings. The molecule has 0 spiro atoms. The highest BCUT2D eigenvalue weighted by Crippen LogP contribution is 2.28. The Bertz CT molecular complexity index is 946. The molecule has 2 heterocycles. The van der Waals surface area contributed by atoms with Crippen molar-refractivity contribution in [1.29, 1.82) is 0 Å². The van der Waals surface area contributed by atoms with Gasteiger partial charge in [0.15, 0.2) is 5.58 Å². The first-order chi connectivity index (χ1) is 12.6. The molecular formula is C19H18N2O5. The first-order valence-electron chi connectivity index (χ1n) is 8.40. The third-order valence-corrected chi connectivity index (χ3v) is 4.13. The monoisotopic (exact) mass is 354 g/mol. The maximum absolute atomic E-state index is 11.8. The summed E-state index contributed by atoms with van der Waals surface area (Å²) in [6.45, 7) is 3.36. The molecule has 1 aliphatic rings. The van der Waals surface area contributed by atoms with E-state index in [2.05, 4.69) is 4.98 Å². The second-order valence-corrected chi connectivity index (χ2v) is 6.04. The minimum absolute atomic E-state index is 0.00176. The van der Waals surface area contributed by atoms with Gasteiger partial charge in [0, 0.05) is 6.07 Å². The van der Waals surface area contributed by atoms with Crippen LogP contribution in [0.25, 0.3) is 11.1 Å². The highest BCUT2D eigenvalue weighted by molar-refractivity contribution is 5.93. The van der Waals surface area contributed by atoms with Crippen LogP contribution < -0.4 is 9.64 Å². The highest BCUT2D eigenvalue weighted by Gasteiger charge is 2.32. The zero-order valence-electron chi connectivity index (χ0n) is 14.2. The molecule has 0 atom stereocenters. The largest absolute Gasteiger partial charge is 0.508 e. The van der Waals surface area contributed by atoms with Crippen LogP contribution in [0.2, 0.25) is 0 Å². The standard InChI is InChI=1S/C19H18N2O5/c1-2-24-18(23)12-6-7-16-17(8-12)26-19(20-16)21-10-15(11-21)25-14-5-3-4-13(22)9-14/h3-9,15,22H,2,10-11H2,1H3. The van der Waals surface area contributed by atoms with E-state index in [0.29, 0.717) is 48.1 Å². The Morgan fingerprint density at radius 1 is 1.31 bits per heavy atom. The molecule has 7 heteroatoms. The number of nitrogens with zero attached hydrogens (tertiary/aromatic N) is 2. The van der Waals surface area contributed by atoms with Crippen molar-refractivity contribution < 1.29 is 23.8 Å². The van der Waals surface area contributed by atoms with Crippen LogP contribution in [0.5, 0.6) is 11.5 Å². The van der Waals surface area contributed by atoms with E-state index in [-0.39, 0.29) is 17.8 Å². The van der Waals surface area contributed by atoms with E-state index < -0.39 is 0 Å².